The summed E-state index contributed by atoms with van der Waals surface area (Å²) in [6, 6.07) is 21.5. The fourth-order valence-electron chi connectivity index (χ4n) is 3.85. The Morgan fingerprint density at radius 1 is 0.875 bits per heavy atom. The molecule has 32 heavy (non-hydrogen) atoms. The summed E-state index contributed by atoms with van der Waals surface area (Å²) in [6.07, 6.45) is 0. The van der Waals surface area contributed by atoms with Gasteiger partial charge in [-0.3, -0.25) is 4.79 Å². The summed E-state index contributed by atoms with van der Waals surface area (Å²) < 4.78 is 6.98. The Labute approximate surface area is 194 Å². The summed E-state index contributed by atoms with van der Waals surface area (Å²) in [5.41, 5.74) is 7.07. The van der Waals surface area contributed by atoms with E-state index in [9.17, 15) is 4.79 Å². The number of nitrogens with zero attached hydrogens (tertiary/aromatic N) is 1. The van der Waals surface area contributed by atoms with Gasteiger partial charge >= 0.3 is 0 Å². The fraction of sp³-hybridized carbons (Fsp3) is 0.111. The van der Waals surface area contributed by atoms with Crippen molar-refractivity contribution >= 4 is 49.4 Å². The third-order valence-electron chi connectivity index (χ3n) is 5.85. The second-order valence-electron chi connectivity index (χ2n) is 8.05. The number of fused-ring (bicyclic) bond motifs is 2. The number of nitrogens with one attached hydrogen (secondary N) is 1. The number of oxazole rings is 1. The monoisotopic (exact) mass is 484 g/mol. The number of rotatable bonds is 3. The minimum Gasteiger partial charge on any atom is -0.436 e. The molecule has 0 aliphatic rings. The van der Waals surface area contributed by atoms with Gasteiger partial charge in [-0.05, 0) is 84.6 Å². The van der Waals surface area contributed by atoms with Crippen LogP contribution >= 0.6 is 15.9 Å². The molecule has 4 aromatic carbocycles. The van der Waals surface area contributed by atoms with Gasteiger partial charge < -0.3 is 9.73 Å². The molecule has 1 N–H and O–H groups in total. The molecule has 0 fully saturated rings. The van der Waals surface area contributed by atoms with Gasteiger partial charge in [0.05, 0.1) is 0 Å². The Balaban J connectivity index is 1.51. The maximum absolute atomic E-state index is 13.2. The molecular weight excluding hydrogens is 464 g/mol. The van der Waals surface area contributed by atoms with Crippen molar-refractivity contribution in [1.82, 2.24) is 4.98 Å². The molecule has 1 heterocycles. The van der Waals surface area contributed by atoms with E-state index in [1.807, 2.05) is 73.7 Å². The largest absolute Gasteiger partial charge is 0.436 e. The minimum absolute atomic E-state index is 0.155. The number of amides is 1. The Hall–Kier alpha value is -3.44. The maximum Gasteiger partial charge on any atom is 0.256 e. The SMILES string of the molecule is Cc1cc2nc(-c3ccc(C)c(NC(=O)c4cccc5c(Br)cccc45)c3)oc2cc1C. The number of carbonyl (C=O) groups excluding carboxylic acids is 1. The van der Waals surface area contributed by atoms with Gasteiger partial charge in [-0.15, -0.1) is 0 Å². The van der Waals surface area contributed by atoms with E-state index in [1.165, 1.54) is 11.1 Å². The Kier molecular flexibility index (Phi) is 5.06. The topological polar surface area (TPSA) is 55.1 Å². The van der Waals surface area contributed by atoms with E-state index in [4.69, 9.17) is 4.42 Å². The summed E-state index contributed by atoms with van der Waals surface area (Å²) in [4.78, 5) is 17.8. The Morgan fingerprint density at radius 2 is 1.62 bits per heavy atom. The van der Waals surface area contributed by atoms with Gasteiger partial charge in [-0.1, -0.05) is 46.3 Å². The lowest BCUT2D eigenvalue weighted by Gasteiger charge is -2.12. The van der Waals surface area contributed by atoms with Crippen LogP contribution in [-0.2, 0) is 0 Å². The quantitative estimate of drug-likeness (QED) is 0.287. The molecule has 0 bridgehead atoms. The lowest BCUT2D eigenvalue weighted by molar-refractivity contribution is 0.102. The van der Waals surface area contributed by atoms with Crippen molar-refractivity contribution in [3.8, 4) is 11.5 Å². The van der Waals surface area contributed by atoms with Crippen LogP contribution in [-0.4, -0.2) is 10.9 Å². The van der Waals surface area contributed by atoms with Crippen LogP contribution in [0, 0.1) is 20.8 Å². The van der Waals surface area contributed by atoms with E-state index in [2.05, 4.69) is 40.1 Å². The first-order chi connectivity index (χ1) is 15.4. The first kappa shape index (κ1) is 20.5. The van der Waals surface area contributed by atoms with E-state index >= 15 is 0 Å². The Morgan fingerprint density at radius 3 is 2.47 bits per heavy atom. The Bertz CT molecular complexity index is 1480. The molecule has 5 aromatic rings. The summed E-state index contributed by atoms with van der Waals surface area (Å²) in [5, 5.41) is 4.98. The van der Waals surface area contributed by atoms with Crippen LogP contribution in [0.1, 0.15) is 27.0 Å². The zero-order chi connectivity index (χ0) is 22.4. The standard InChI is InChI=1S/C27H21BrN2O2/c1-15-10-11-18(27-30-24-12-16(2)17(3)13-25(24)32-27)14-23(15)29-26(31)21-8-4-7-20-19(21)6-5-9-22(20)28/h4-14H,1-3H3,(H,29,31). The van der Waals surface area contributed by atoms with Gasteiger partial charge in [0, 0.05) is 21.3 Å². The number of anilines is 1. The normalized spacial score (nSPS) is 11.2. The summed E-state index contributed by atoms with van der Waals surface area (Å²) in [6.45, 7) is 6.09. The van der Waals surface area contributed by atoms with E-state index in [0.29, 0.717) is 11.5 Å². The lowest BCUT2D eigenvalue weighted by atomic mass is 10.0. The number of hydrogen-bond acceptors (Lipinski definition) is 3. The molecular formula is C27H21BrN2O2. The van der Waals surface area contributed by atoms with Crippen LogP contribution in [0.15, 0.2) is 75.6 Å². The fourth-order valence-corrected chi connectivity index (χ4v) is 4.35. The zero-order valence-corrected chi connectivity index (χ0v) is 19.6. The van der Waals surface area contributed by atoms with Crippen LogP contribution in [0.4, 0.5) is 5.69 Å². The van der Waals surface area contributed by atoms with Gasteiger partial charge in [-0.2, -0.15) is 0 Å². The first-order valence-electron chi connectivity index (χ1n) is 10.4. The molecule has 0 saturated heterocycles. The number of halogens is 1. The average molecular weight is 485 g/mol. The molecule has 5 rings (SSSR count). The second-order valence-corrected chi connectivity index (χ2v) is 8.90. The predicted octanol–water partition coefficient (Wildman–Crippen LogP) is 7.59. The van der Waals surface area contributed by atoms with Crippen molar-refractivity contribution in [2.24, 2.45) is 0 Å². The molecule has 0 aliphatic heterocycles. The van der Waals surface area contributed by atoms with Crippen molar-refractivity contribution in [3.05, 3.63) is 93.5 Å². The molecule has 0 saturated carbocycles. The van der Waals surface area contributed by atoms with E-state index < -0.39 is 0 Å². The number of hydrogen-bond donors (Lipinski definition) is 1. The van der Waals surface area contributed by atoms with Crippen LogP contribution in [0.3, 0.4) is 0 Å². The molecule has 0 radical (unpaired) electrons. The zero-order valence-electron chi connectivity index (χ0n) is 18.0. The second kappa shape index (κ2) is 7.92. The lowest BCUT2D eigenvalue weighted by Crippen LogP contribution is -2.13. The molecule has 1 aromatic heterocycles. The number of aromatic nitrogens is 1. The highest BCUT2D eigenvalue weighted by atomic mass is 79.9. The number of carbonyl (C=O) groups is 1. The van der Waals surface area contributed by atoms with Crippen LogP contribution in [0.25, 0.3) is 33.3 Å². The number of aryl methyl sites for hydroxylation is 3. The summed E-state index contributed by atoms with van der Waals surface area (Å²) >= 11 is 3.57. The molecule has 0 unspecified atom stereocenters. The third kappa shape index (κ3) is 3.59. The predicted molar refractivity (Wildman–Crippen MR) is 133 cm³/mol. The molecule has 0 spiro atoms. The van der Waals surface area contributed by atoms with Crippen molar-refractivity contribution in [2.75, 3.05) is 5.32 Å². The van der Waals surface area contributed by atoms with Gasteiger partial charge in [-0.25, -0.2) is 4.98 Å². The van der Waals surface area contributed by atoms with Gasteiger partial charge in [0.25, 0.3) is 5.91 Å². The van der Waals surface area contributed by atoms with Crippen molar-refractivity contribution in [3.63, 3.8) is 0 Å². The smallest absolute Gasteiger partial charge is 0.256 e. The number of benzene rings is 4. The van der Waals surface area contributed by atoms with Crippen molar-refractivity contribution < 1.29 is 9.21 Å². The van der Waals surface area contributed by atoms with Gasteiger partial charge in [0.15, 0.2) is 5.58 Å². The van der Waals surface area contributed by atoms with Gasteiger partial charge in [0.2, 0.25) is 5.89 Å². The van der Waals surface area contributed by atoms with Crippen molar-refractivity contribution in [2.45, 2.75) is 20.8 Å². The van der Waals surface area contributed by atoms with Crippen LogP contribution < -0.4 is 5.32 Å². The molecule has 4 nitrogen and oxygen atoms in total. The third-order valence-corrected chi connectivity index (χ3v) is 6.54. The molecule has 0 atom stereocenters. The molecule has 5 heteroatoms. The molecule has 158 valence electrons. The summed E-state index contributed by atoms with van der Waals surface area (Å²) in [7, 11) is 0. The maximum atomic E-state index is 13.2. The minimum atomic E-state index is -0.155. The summed E-state index contributed by atoms with van der Waals surface area (Å²) in [5.74, 6) is 0.382. The molecule has 1 amide bonds. The molecule has 0 aliphatic carbocycles. The van der Waals surface area contributed by atoms with Crippen molar-refractivity contribution in [1.29, 1.82) is 0 Å². The van der Waals surface area contributed by atoms with Crippen LogP contribution in [0.2, 0.25) is 0 Å². The van der Waals surface area contributed by atoms with Gasteiger partial charge in [0.1, 0.15) is 5.52 Å². The van der Waals surface area contributed by atoms with E-state index in [-0.39, 0.29) is 5.91 Å². The highest BCUT2D eigenvalue weighted by molar-refractivity contribution is 9.10. The highest BCUT2D eigenvalue weighted by Crippen LogP contribution is 2.31. The average Bonchev–Trinajstić information content (AvgIpc) is 3.18. The van der Waals surface area contributed by atoms with E-state index in [0.717, 1.165) is 43.2 Å². The first-order valence-corrected chi connectivity index (χ1v) is 11.2. The highest BCUT2D eigenvalue weighted by Gasteiger charge is 2.15. The van der Waals surface area contributed by atoms with E-state index in [1.54, 1.807) is 0 Å². The van der Waals surface area contributed by atoms with Crippen LogP contribution in [0.5, 0.6) is 0 Å².